The summed E-state index contributed by atoms with van der Waals surface area (Å²) in [4.78, 5) is 12.7. The van der Waals surface area contributed by atoms with Crippen LogP contribution < -0.4 is 10.1 Å². The first-order valence-electron chi connectivity index (χ1n) is 9.02. The van der Waals surface area contributed by atoms with Crippen LogP contribution in [0.4, 0.5) is 5.69 Å². The van der Waals surface area contributed by atoms with Gasteiger partial charge in [0, 0.05) is 12.3 Å². The molecule has 0 radical (unpaired) electrons. The fourth-order valence-electron chi connectivity index (χ4n) is 2.52. The van der Waals surface area contributed by atoms with Gasteiger partial charge in [-0.15, -0.1) is 0 Å². The quantitative estimate of drug-likeness (QED) is 0.652. The fourth-order valence-corrected chi connectivity index (χ4v) is 2.52. The van der Waals surface area contributed by atoms with Gasteiger partial charge in [-0.05, 0) is 63.3 Å². The number of carbonyl (C=O) groups is 1. The van der Waals surface area contributed by atoms with E-state index in [1.165, 1.54) is 0 Å². The number of ether oxygens (including phenoxy) is 2. The second kappa shape index (κ2) is 9.67. The predicted octanol–water partition coefficient (Wildman–Crippen LogP) is 5.03. The minimum atomic E-state index is -0.809. The van der Waals surface area contributed by atoms with Crippen LogP contribution in [0.5, 0.6) is 5.75 Å². The van der Waals surface area contributed by atoms with Gasteiger partial charge in [0.25, 0.3) is 5.91 Å². The summed E-state index contributed by atoms with van der Waals surface area (Å²) >= 11 is 0. The van der Waals surface area contributed by atoms with Gasteiger partial charge < -0.3 is 14.8 Å². The Morgan fingerprint density at radius 3 is 2.29 bits per heavy atom. The number of hydrogen-bond acceptors (Lipinski definition) is 3. The van der Waals surface area contributed by atoms with Crippen LogP contribution in [0.15, 0.2) is 24.3 Å². The Morgan fingerprint density at radius 2 is 1.79 bits per heavy atom. The average Bonchev–Trinajstić information content (AvgIpc) is 2.54. The zero-order valence-electron chi connectivity index (χ0n) is 16.0. The monoisotopic (exact) mass is 335 g/mol. The smallest absolute Gasteiger partial charge is 0.256 e. The highest BCUT2D eigenvalue weighted by molar-refractivity contribution is 5.97. The SMILES string of the molecule is CCCO[C@](C)(CC(C)C)C(=O)Nc1ccc(O[C@H](C)CC)cc1. The number of hydrogen-bond donors (Lipinski definition) is 1. The average molecular weight is 335 g/mol. The summed E-state index contributed by atoms with van der Waals surface area (Å²) in [6.07, 6.45) is 2.72. The van der Waals surface area contributed by atoms with Crippen molar-refractivity contribution in [2.45, 2.75) is 72.5 Å². The molecule has 4 heteroatoms. The molecule has 0 unspecified atom stereocenters. The molecule has 2 atom stereocenters. The van der Waals surface area contributed by atoms with Crippen molar-refractivity contribution in [3.63, 3.8) is 0 Å². The maximum absolute atomic E-state index is 12.7. The van der Waals surface area contributed by atoms with E-state index in [1.807, 2.05) is 45.0 Å². The van der Waals surface area contributed by atoms with Gasteiger partial charge in [-0.1, -0.05) is 27.7 Å². The summed E-state index contributed by atoms with van der Waals surface area (Å²) in [5.74, 6) is 1.10. The highest BCUT2D eigenvalue weighted by atomic mass is 16.5. The highest BCUT2D eigenvalue weighted by Gasteiger charge is 2.34. The summed E-state index contributed by atoms with van der Waals surface area (Å²) in [5, 5.41) is 2.97. The van der Waals surface area contributed by atoms with E-state index in [0.717, 1.165) is 24.3 Å². The maximum Gasteiger partial charge on any atom is 0.256 e. The summed E-state index contributed by atoms with van der Waals surface area (Å²) in [6, 6.07) is 7.50. The van der Waals surface area contributed by atoms with Crippen molar-refractivity contribution in [2.24, 2.45) is 5.92 Å². The Labute approximate surface area is 146 Å². The standard InChI is InChI=1S/C20H33NO3/c1-7-13-23-20(6,14-15(3)4)19(22)21-17-9-11-18(12-10-17)24-16(5)8-2/h9-12,15-16H,7-8,13-14H2,1-6H3,(H,21,22)/t16-,20-/m1/s1. The van der Waals surface area contributed by atoms with Crippen LogP contribution in [0.3, 0.4) is 0 Å². The Bertz CT molecular complexity index is 498. The molecule has 24 heavy (non-hydrogen) atoms. The lowest BCUT2D eigenvalue weighted by Crippen LogP contribution is -2.44. The zero-order chi connectivity index (χ0) is 18.2. The van der Waals surface area contributed by atoms with Gasteiger partial charge in [-0.3, -0.25) is 4.79 Å². The number of nitrogens with one attached hydrogen (secondary N) is 1. The van der Waals surface area contributed by atoms with Crippen LogP contribution in [-0.4, -0.2) is 24.2 Å². The minimum Gasteiger partial charge on any atom is -0.491 e. The largest absolute Gasteiger partial charge is 0.491 e. The lowest BCUT2D eigenvalue weighted by molar-refractivity contribution is -0.141. The van der Waals surface area contributed by atoms with Gasteiger partial charge in [-0.25, -0.2) is 0 Å². The Morgan fingerprint density at radius 1 is 1.17 bits per heavy atom. The van der Waals surface area contributed by atoms with E-state index in [-0.39, 0.29) is 12.0 Å². The third-order valence-corrected chi connectivity index (χ3v) is 3.93. The molecule has 0 bridgehead atoms. The van der Waals surface area contributed by atoms with E-state index in [0.29, 0.717) is 18.9 Å². The first kappa shape index (κ1) is 20.5. The van der Waals surface area contributed by atoms with Gasteiger partial charge in [0.05, 0.1) is 6.10 Å². The van der Waals surface area contributed by atoms with Crippen LogP contribution in [-0.2, 0) is 9.53 Å². The Kier molecular flexibility index (Phi) is 8.26. The molecular weight excluding hydrogens is 302 g/mol. The molecule has 1 rings (SSSR count). The number of benzene rings is 1. The van der Waals surface area contributed by atoms with Crippen molar-refractivity contribution in [1.82, 2.24) is 0 Å². The second-order valence-electron chi connectivity index (χ2n) is 6.99. The van der Waals surface area contributed by atoms with Crippen LogP contribution in [0, 0.1) is 5.92 Å². The second-order valence-corrected chi connectivity index (χ2v) is 6.99. The molecule has 0 aliphatic carbocycles. The Balaban J connectivity index is 2.75. The molecule has 0 aromatic heterocycles. The number of amides is 1. The van der Waals surface area contributed by atoms with Crippen molar-refractivity contribution >= 4 is 11.6 Å². The van der Waals surface area contributed by atoms with Gasteiger partial charge in [0.2, 0.25) is 0 Å². The molecule has 1 aromatic rings. The summed E-state index contributed by atoms with van der Waals surface area (Å²) < 4.78 is 11.6. The molecule has 4 nitrogen and oxygen atoms in total. The number of carbonyl (C=O) groups excluding carboxylic acids is 1. The molecular formula is C20H33NO3. The van der Waals surface area contributed by atoms with Crippen molar-refractivity contribution in [3.05, 3.63) is 24.3 Å². The first-order valence-corrected chi connectivity index (χ1v) is 9.02. The molecule has 0 spiro atoms. The van der Waals surface area contributed by atoms with Crippen molar-refractivity contribution < 1.29 is 14.3 Å². The van der Waals surface area contributed by atoms with Crippen LogP contribution in [0.25, 0.3) is 0 Å². The summed E-state index contributed by atoms with van der Waals surface area (Å²) in [7, 11) is 0. The number of anilines is 1. The van der Waals surface area contributed by atoms with Crippen LogP contribution in [0.1, 0.15) is 60.8 Å². The normalized spacial score (nSPS) is 15.0. The maximum atomic E-state index is 12.7. The van der Waals surface area contributed by atoms with Gasteiger partial charge >= 0.3 is 0 Å². The van der Waals surface area contributed by atoms with Crippen molar-refractivity contribution in [1.29, 1.82) is 0 Å². The zero-order valence-corrected chi connectivity index (χ0v) is 16.0. The van der Waals surface area contributed by atoms with E-state index in [1.54, 1.807) is 0 Å². The van der Waals surface area contributed by atoms with E-state index in [4.69, 9.17) is 9.47 Å². The topological polar surface area (TPSA) is 47.6 Å². The van der Waals surface area contributed by atoms with Crippen LogP contribution in [0.2, 0.25) is 0 Å². The van der Waals surface area contributed by atoms with E-state index < -0.39 is 5.60 Å². The molecule has 0 fully saturated rings. The van der Waals surface area contributed by atoms with E-state index in [2.05, 4.69) is 26.1 Å². The van der Waals surface area contributed by atoms with Crippen LogP contribution >= 0.6 is 0 Å². The van der Waals surface area contributed by atoms with E-state index >= 15 is 0 Å². The molecule has 136 valence electrons. The molecule has 1 amide bonds. The summed E-state index contributed by atoms with van der Waals surface area (Å²) in [6.45, 7) is 12.8. The van der Waals surface area contributed by atoms with E-state index in [9.17, 15) is 4.79 Å². The summed E-state index contributed by atoms with van der Waals surface area (Å²) in [5.41, 5.74) is -0.0534. The molecule has 1 aromatic carbocycles. The predicted molar refractivity (Wildman–Crippen MR) is 99.6 cm³/mol. The Hall–Kier alpha value is -1.55. The van der Waals surface area contributed by atoms with Crippen molar-refractivity contribution in [2.75, 3.05) is 11.9 Å². The third-order valence-electron chi connectivity index (χ3n) is 3.93. The lowest BCUT2D eigenvalue weighted by Gasteiger charge is -2.30. The van der Waals surface area contributed by atoms with Crippen molar-refractivity contribution in [3.8, 4) is 5.75 Å². The molecule has 0 heterocycles. The van der Waals surface area contributed by atoms with Gasteiger partial charge in [0.1, 0.15) is 11.4 Å². The number of rotatable bonds is 10. The molecule has 0 saturated heterocycles. The minimum absolute atomic E-state index is 0.0970. The van der Waals surface area contributed by atoms with Gasteiger partial charge in [-0.2, -0.15) is 0 Å². The first-order chi connectivity index (χ1) is 11.3. The molecule has 0 saturated carbocycles. The highest BCUT2D eigenvalue weighted by Crippen LogP contribution is 2.25. The molecule has 0 aliphatic rings. The molecule has 1 N–H and O–H groups in total. The third kappa shape index (κ3) is 6.52. The molecule has 0 aliphatic heterocycles. The lowest BCUT2D eigenvalue weighted by atomic mass is 9.93. The fraction of sp³-hybridized carbons (Fsp3) is 0.650. The van der Waals surface area contributed by atoms with Gasteiger partial charge in [0.15, 0.2) is 0 Å².